The normalized spacial score (nSPS) is 19.6. The topological polar surface area (TPSA) is 43.1 Å². The van der Waals surface area contributed by atoms with Crippen molar-refractivity contribution in [2.24, 2.45) is 7.05 Å². The van der Waals surface area contributed by atoms with Crippen LogP contribution in [0.4, 0.5) is 0 Å². The fourth-order valence-electron chi connectivity index (χ4n) is 3.42. The first kappa shape index (κ1) is 16.7. The lowest BCUT2D eigenvalue weighted by Crippen LogP contribution is -2.36. The van der Waals surface area contributed by atoms with E-state index in [1.54, 1.807) is 11.6 Å². The molecule has 24 heavy (non-hydrogen) atoms. The van der Waals surface area contributed by atoms with Gasteiger partial charge in [0.1, 0.15) is 5.82 Å². The molecule has 0 bridgehead atoms. The Kier molecular flexibility index (Phi) is 5.00. The summed E-state index contributed by atoms with van der Waals surface area (Å²) in [6.07, 6.45) is 4.39. The largest absolute Gasteiger partial charge is 0.350 e. The van der Waals surface area contributed by atoms with Crippen LogP contribution in [0.5, 0.6) is 0 Å². The van der Waals surface area contributed by atoms with Gasteiger partial charge in [-0.1, -0.05) is 29.8 Å². The van der Waals surface area contributed by atoms with E-state index in [9.17, 15) is 4.79 Å². The molecule has 5 heteroatoms. The Hall–Kier alpha value is -2.14. The predicted octanol–water partition coefficient (Wildman–Crippen LogP) is 2.72. The van der Waals surface area contributed by atoms with E-state index >= 15 is 0 Å². The molecule has 1 aliphatic rings. The van der Waals surface area contributed by atoms with Crippen LogP contribution in [0.25, 0.3) is 5.69 Å². The van der Waals surface area contributed by atoms with Crippen molar-refractivity contribution in [1.29, 1.82) is 0 Å². The van der Waals surface area contributed by atoms with Crippen molar-refractivity contribution >= 4 is 0 Å². The van der Waals surface area contributed by atoms with Gasteiger partial charge in [-0.3, -0.25) is 4.90 Å². The van der Waals surface area contributed by atoms with Crippen molar-refractivity contribution in [3.63, 3.8) is 0 Å². The number of likely N-dealkylation sites (tertiary alicyclic amines) is 1. The Balaban J connectivity index is 1.92. The first-order valence-corrected chi connectivity index (χ1v) is 8.65. The van der Waals surface area contributed by atoms with Gasteiger partial charge in [0.25, 0.3) is 0 Å². The number of hydrogen-bond acceptors (Lipinski definition) is 3. The second-order valence-corrected chi connectivity index (χ2v) is 6.64. The second kappa shape index (κ2) is 7.18. The molecule has 0 spiro atoms. The van der Waals surface area contributed by atoms with E-state index in [-0.39, 0.29) is 11.6 Å². The third kappa shape index (κ3) is 3.36. The van der Waals surface area contributed by atoms with E-state index in [0.29, 0.717) is 0 Å². The first-order chi connectivity index (χ1) is 11.6. The van der Waals surface area contributed by atoms with E-state index in [4.69, 9.17) is 0 Å². The summed E-state index contributed by atoms with van der Waals surface area (Å²) in [4.78, 5) is 15.0. The van der Waals surface area contributed by atoms with Crippen molar-refractivity contribution < 1.29 is 0 Å². The van der Waals surface area contributed by atoms with Crippen LogP contribution in [0.3, 0.4) is 0 Å². The average molecular weight is 326 g/mol. The number of aryl methyl sites for hydroxylation is 1. The Labute approximate surface area is 143 Å². The maximum absolute atomic E-state index is 12.6. The fourth-order valence-corrected chi connectivity index (χ4v) is 3.42. The molecule has 1 fully saturated rings. The van der Waals surface area contributed by atoms with Crippen LogP contribution < -0.4 is 5.69 Å². The van der Waals surface area contributed by atoms with Gasteiger partial charge in [0.15, 0.2) is 0 Å². The highest BCUT2D eigenvalue weighted by atomic mass is 16.2. The molecule has 1 aliphatic heterocycles. The van der Waals surface area contributed by atoms with Crippen molar-refractivity contribution in [2.75, 3.05) is 19.6 Å². The number of allylic oxidation sites excluding steroid dienone is 1. The van der Waals surface area contributed by atoms with Crippen molar-refractivity contribution in [3.05, 3.63) is 58.3 Å². The number of nitrogens with zero attached hydrogens (tertiary/aromatic N) is 4. The van der Waals surface area contributed by atoms with Crippen LogP contribution in [0.2, 0.25) is 0 Å². The lowest BCUT2D eigenvalue weighted by Gasteiger charge is -2.32. The highest BCUT2D eigenvalue weighted by Gasteiger charge is 2.27. The van der Waals surface area contributed by atoms with Gasteiger partial charge in [-0.25, -0.2) is 14.0 Å². The Morgan fingerprint density at radius 1 is 1.33 bits per heavy atom. The molecule has 5 nitrogen and oxygen atoms in total. The van der Waals surface area contributed by atoms with E-state index < -0.39 is 0 Å². The number of aromatic nitrogens is 3. The zero-order chi connectivity index (χ0) is 17.1. The fraction of sp³-hybridized carbons (Fsp3) is 0.474. The summed E-state index contributed by atoms with van der Waals surface area (Å²) in [7, 11) is 1.73. The molecule has 0 aliphatic carbocycles. The summed E-state index contributed by atoms with van der Waals surface area (Å²) >= 11 is 0. The third-order valence-corrected chi connectivity index (χ3v) is 4.80. The minimum Gasteiger partial charge on any atom is -0.299 e. The highest BCUT2D eigenvalue weighted by molar-refractivity contribution is 5.33. The standard InChI is InChI=1S/C19H26N4O/c1-4-15(2)13-22-12-8-9-16(14-22)18-20-21(3)19(24)23(18)17-10-6-5-7-11-17/h4-7,10-11,16H,8-9,12-14H2,1-3H3/b15-4+/t16-/m1/s1. The molecular formula is C19H26N4O. The minimum absolute atomic E-state index is 0.0713. The van der Waals surface area contributed by atoms with E-state index in [0.717, 1.165) is 44.0 Å². The van der Waals surface area contributed by atoms with Gasteiger partial charge in [-0.15, -0.1) is 0 Å². The molecule has 0 unspecified atom stereocenters. The number of para-hydroxylation sites is 1. The molecular weight excluding hydrogens is 300 g/mol. The third-order valence-electron chi connectivity index (χ3n) is 4.80. The summed E-state index contributed by atoms with van der Waals surface area (Å²) in [5, 5.41) is 4.57. The number of piperidine rings is 1. The molecule has 128 valence electrons. The minimum atomic E-state index is -0.0713. The zero-order valence-corrected chi connectivity index (χ0v) is 14.8. The molecule has 0 amide bonds. The van der Waals surface area contributed by atoms with E-state index in [2.05, 4.69) is 29.9 Å². The van der Waals surface area contributed by atoms with Crippen LogP contribution in [-0.2, 0) is 7.05 Å². The highest BCUT2D eigenvalue weighted by Crippen LogP contribution is 2.26. The van der Waals surface area contributed by atoms with Gasteiger partial charge in [-0.05, 0) is 45.4 Å². The van der Waals surface area contributed by atoms with Crippen LogP contribution in [0.15, 0.2) is 46.8 Å². The number of benzene rings is 1. The summed E-state index contributed by atoms with van der Waals surface area (Å²) in [6, 6.07) is 9.82. The Morgan fingerprint density at radius 3 is 2.79 bits per heavy atom. The number of hydrogen-bond donors (Lipinski definition) is 0. The summed E-state index contributed by atoms with van der Waals surface area (Å²) in [5.74, 6) is 1.18. The summed E-state index contributed by atoms with van der Waals surface area (Å²) in [5.41, 5.74) is 2.21. The monoisotopic (exact) mass is 326 g/mol. The molecule has 3 rings (SSSR count). The van der Waals surface area contributed by atoms with Crippen LogP contribution >= 0.6 is 0 Å². The Morgan fingerprint density at radius 2 is 2.08 bits per heavy atom. The van der Waals surface area contributed by atoms with Crippen LogP contribution in [0, 0.1) is 0 Å². The van der Waals surface area contributed by atoms with Gasteiger partial charge in [0.2, 0.25) is 0 Å². The smallest absolute Gasteiger partial charge is 0.299 e. The first-order valence-electron chi connectivity index (χ1n) is 8.65. The molecule has 0 saturated carbocycles. The maximum atomic E-state index is 12.6. The van der Waals surface area contributed by atoms with Crippen LogP contribution in [-0.4, -0.2) is 38.9 Å². The molecule has 1 saturated heterocycles. The number of rotatable bonds is 4. The van der Waals surface area contributed by atoms with E-state index in [1.807, 2.05) is 30.3 Å². The molecule has 0 N–H and O–H groups in total. The summed E-state index contributed by atoms with van der Waals surface area (Å²) < 4.78 is 3.23. The van der Waals surface area contributed by atoms with Crippen LogP contribution in [0.1, 0.15) is 38.4 Å². The molecule has 0 radical (unpaired) electrons. The maximum Gasteiger partial charge on any atom is 0.350 e. The van der Waals surface area contributed by atoms with Gasteiger partial charge < -0.3 is 0 Å². The van der Waals surface area contributed by atoms with E-state index in [1.165, 1.54) is 10.3 Å². The van der Waals surface area contributed by atoms with Gasteiger partial charge in [0, 0.05) is 26.1 Å². The molecule has 1 atom stereocenters. The molecule has 1 aromatic heterocycles. The summed E-state index contributed by atoms with van der Waals surface area (Å²) in [6.45, 7) is 7.32. The quantitative estimate of drug-likeness (QED) is 0.812. The molecule has 2 heterocycles. The lowest BCUT2D eigenvalue weighted by atomic mass is 9.96. The predicted molar refractivity (Wildman–Crippen MR) is 96.7 cm³/mol. The van der Waals surface area contributed by atoms with Gasteiger partial charge in [-0.2, -0.15) is 5.10 Å². The SMILES string of the molecule is C/C=C(\C)CN1CCC[C@@H](c2nn(C)c(=O)n2-c2ccccc2)C1. The average Bonchev–Trinajstić information content (AvgIpc) is 2.91. The van der Waals surface area contributed by atoms with Crippen molar-refractivity contribution in [1.82, 2.24) is 19.2 Å². The van der Waals surface area contributed by atoms with Crippen molar-refractivity contribution in [2.45, 2.75) is 32.6 Å². The lowest BCUT2D eigenvalue weighted by molar-refractivity contribution is 0.218. The Bertz CT molecular complexity index is 772. The van der Waals surface area contributed by atoms with Gasteiger partial charge in [0.05, 0.1) is 5.69 Å². The second-order valence-electron chi connectivity index (χ2n) is 6.64. The zero-order valence-electron chi connectivity index (χ0n) is 14.8. The van der Waals surface area contributed by atoms with Gasteiger partial charge >= 0.3 is 5.69 Å². The van der Waals surface area contributed by atoms with Crippen molar-refractivity contribution in [3.8, 4) is 5.69 Å². The molecule has 1 aromatic carbocycles. The molecule has 2 aromatic rings.